The number of hydrogen-bond donors (Lipinski definition) is 1. The van der Waals surface area contributed by atoms with Crippen molar-refractivity contribution in [3.05, 3.63) is 35.6 Å². The maximum Gasteiger partial charge on any atom is 0.251 e. The van der Waals surface area contributed by atoms with Crippen molar-refractivity contribution in [2.24, 2.45) is 4.99 Å². The van der Waals surface area contributed by atoms with Gasteiger partial charge in [0.15, 0.2) is 5.96 Å². The predicted octanol–water partition coefficient (Wildman–Crippen LogP) is 1.88. The quantitative estimate of drug-likeness (QED) is 0.398. The summed E-state index contributed by atoms with van der Waals surface area (Å²) in [6.45, 7) is 4.24. The Bertz CT molecular complexity index is 644. The SMILES string of the molecule is CN=C(NCCc1cccc(F)c1)N1CCN(C(=O)C2CCCO2)CC1.I. The number of guanidine groups is 1. The van der Waals surface area contributed by atoms with Crippen molar-refractivity contribution in [3.63, 3.8) is 0 Å². The maximum absolute atomic E-state index is 13.2. The minimum Gasteiger partial charge on any atom is -0.368 e. The number of aliphatic imine (C=N–C) groups is 1. The Morgan fingerprint density at radius 1 is 1.30 bits per heavy atom. The Balaban J connectivity index is 0.00000261. The molecule has 0 aromatic heterocycles. The fourth-order valence-corrected chi connectivity index (χ4v) is 3.46. The van der Waals surface area contributed by atoms with E-state index in [1.165, 1.54) is 6.07 Å². The lowest BCUT2D eigenvalue weighted by atomic mass is 10.1. The zero-order chi connectivity index (χ0) is 18.4. The van der Waals surface area contributed by atoms with Gasteiger partial charge in [-0.15, -0.1) is 24.0 Å². The second kappa shape index (κ2) is 10.8. The van der Waals surface area contributed by atoms with Crippen molar-refractivity contribution in [1.29, 1.82) is 0 Å². The highest BCUT2D eigenvalue weighted by Crippen LogP contribution is 2.16. The number of nitrogens with one attached hydrogen (secondary N) is 1. The molecule has 0 aliphatic carbocycles. The molecule has 3 rings (SSSR count). The van der Waals surface area contributed by atoms with Gasteiger partial charge in [0, 0.05) is 46.4 Å². The summed E-state index contributed by atoms with van der Waals surface area (Å²) in [6, 6.07) is 6.65. The molecule has 0 saturated carbocycles. The topological polar surface area (TPSA) is 57.2 Å². The van der Waals surface area contributed by atoms with Gasteiger partial charge in [-0.3, -0.25) is 9.79 Å². The van der Waals surface area contributed by atoms with Crippen LogP contribution in [0.2, 0.25) is 0 Å². The van der Waals surface area contributed by atoms with Crippen LogP contribution in [0, 0.1) is 5.82 Å². The summed E-state index contributed by atoms with van der Waals surface area (Å²) in [6.07, 6.45) is 2.29. The molecule has 2 aliphatic heterocycles. The molecule has 2 heterocycles. The Hall–Kier alpha value is -1.42. The van der Waals surface area contributed by atoms with E-state index in [-0.39, 0.29) is 41.8 Å². The van der Waals surface area contributed by atoms with E-state index in [0.717, 1.165) is 43.9 Å². The van der Waals surface area contributed by atoms with Gasteiger partial charge in [0.25, 0.3) is 5.91 Å². The smallest absolute Gasteiger partial charge is 0.251 e. The molecular formula is C19H28FIN4O2. The first-order chi connectivity index (χ1) is 12.7. The molecule has 2 aliphatic rings. The molecule has 1 aromatic carbocycles. The van der Waals surface area contributed by atoms with Crippen molar-refractivity contribution in [2.75, 3.05) is 46.4 Å². The molecule has 1 aromatic rings. The predicted molar refractivity (Wildman–Crippen MR) is 114 cm³/mol. The van der Waals surface area contributed by atoms with Gasteiger partial charge in [0.2, 0.25) is 0 Å². The Kier molecular flexibility index (Phi) is 8.75. The van der Waals surface area contributed by atoms with E-state index >= 15 is 0 Å². The number of hydrogen-bond acceptors (Lipinski definition) is 3. The summed E-state index contributed by atoms with van der Waals surface area (Å²) in [5, 5.41) is 3.33. The van der Waals surface area contributed by atoms with Gasteiger partial charge in [-0.1, -0.05) is 12.1 Å². The fourth-order valence-electron chi connectivity index (χ4n) is 3.46. The van der Waals surface area contributed by atoms with E-state index in [1.807, 2.05) is 11.0 Å². The highest BCUT2D eigenvalue weighted by atomic mass is 127. The first kappa shape index (κ1) is 21.9. The average Bonchev–Trinajstić information content (AvgIpc) is 3.20. The van der Waals surface area contributed by atoms with Gasteiger partial charge in [0.05, 0.1) is 0 Å². The fraction of sp³-hybridized carbons (Fsp3) is 0.579. The highest BCUT2D eigenvalue weighted by Gasteiger charge is 2.30. The monoisotopic (exact) mass is 490 g/mol. The molecular weight excluding hydrogens is 462 g/mol. The lowest BCUT2D eigenvalue weighted by Crippen LogP contribution is -2.55. The van der Waals surface area contributed by atoms with Crippen LogP contribution in [0.3, 0.4) is 0 Å². The third-order valence-electron chi connectivity index (χ3n) is 4.89. The van der Waals surface area contributed by atoms with Crippen LogP contribution in [0.15, 0.2) is 29.3 Å². The molecule has 2 saturated heterocycles. The molecule has 6 nitrogen and oxygen atoms in total. The van der Waals surface area contributed by atoms with Crippen LogP contribution in [0.5, 0.6) is 0 Å². The van der Waals surface area contributed by atoms with Crippen molar-refractivity contribution in [1.82, 2.24) is 15.1 Å². The van der Waals surface area contributed by atoms with Crippen LogP contribution in [0.1, 0.15) is 18.4 Å². The Labute approximate surface area is 177 Å². The van der Waals surface area contributed by atoms with E-state index in [9.17, 15) is 9.18 Å². The number of carbonyl (C=O) groups excluding carboxylic acids is 1. The first-order valence-electron chi connectivity index (χ1n) is 9.28. The van der Waals surface area contributed by atoms with E-state index < -0.39 is 0 Å². The van der Waals surface area contributed by atoms with Crippen molar-refractivity contribution >= 4 is 35.8 Å². The zero-order valence-corrected chi connectivity index (χ0v) is 18.0. The van der Waals surface area contributed by atoms with Gasteiger partial charge in [-0.25, -0.2) is 4.39 Å². The molecule has 1 N–H and O–H groups in total. The lowest BCUT2D eigenvalue weighted by Gasteiger charge is -2.37. The van der Waals surface area contributed by atoms with Crippen molar-refractivity contribution < 1.29 is 13.9 Å². The van der Waals surface area contributed by atoms with Crippen LogP contribution in [-0.4, -0.2) is 74.1 Å². The summed E-state index contributed by atoms with van der Waals surface area (Å²) >= 11 is 0. The number of ether oxygens (including phenoxy) is 1. The van der Waals surface area contributed by atoms with Crippen LogP contribution in [0.25, 0.3) is 0 Å². The van der Waals surface area contributed by atoms with Crippen LogP contribution >= 0.6 is 24.0 Å². The summed E-state index contributed by atoms with van der Waals surface area (Å²) in [5.41, 5.74) is 0.958. The number of halogens is 2. The number of rotatable bonds is 4. The number of amides is 1. The molecule has 2 fully saturated rings. The molecule has 1 amide bonds. The summed E-state index contributed by atoms with van der Waals surface area (Å²) < 4.78 is 18.7. The number of piperazine rings is 1. The highest BCUT2D eigenvalue weighted by molar-refractivity contribution is 14.0. The lowest BCUT2D eigenvalue weighted by molar-refractivity contribution is -0.142. The second-order valence-electron chi connectivity index (χ2n) is 6.67. The average molecular weight is 490 g/mol. The van der Waals surface area contributed by atoms with Crippen molar-refractivity contribution in [3.8, 4) is 0 Å². The van der Waals surface area contributed by atoms with E-state index in [1.54, 1.807) is 19.2 Å². The number of nitrogens with zero attached hydrogens (tertiary/aromatic N) is 3. The normalized spacial score (nSPS) is 20.4. The second-order valence-corrected chi connectivity index (χ2v) is 6.67. The molecule has 0 radical (unpaired) electrons. The van der Waals surface area contributed by atoms with Crippen LogP contribution in [-0.2, 0) is 16.0 Å². The first-order valence-corrected chi connectivity index (χ1v) is 9.28. The van der Waals surface area contributed by atoms with Gasteiger partial charge in [-0.2, -0.15) is 0 Å². The standard InChI is InChI=1S/C19H27FN4O2.HI/c1-21-19(22-8-7-15-4-2-5-16(20)14-15)24-11-9-23(10-12-24)18(25)17-6-3-13-26-17;/h2,4-5,14,17H,3,6-13H2,1H3,(H,21,22);1H. The van der Waals surface area contributed by atoms with Gasteiger partial charge < -0.3 is 19.9 Å². The molecule has 27 heavy (non-hydrogen) atoms. The summed E-state index contributed by atoms with van der Waals surface area (Å²) in [5.74, 6) is 0.737. The molecule has 1 unspecified atom stereocenters. The largest absolute Gasteiger partial charge is 0.368 e. The van der Waals surface area contributed by atoms with Gasteiger partial charge in [-0.05, 0) is 37.0 Å². The summed E-state index contributed by atoms with van der Waals surface area (Å²) in [4.78, 5) is 20.8. The zero-order valence-electron chi connectivity index (χ0n) is 15.7. The van der Waals surface area contributed by atoms with Crippen molar-refractivity contribution in [2.45, 2.75) is 25.4 Å². The molecule has 0 bridgehead atoms. The number of carbonyl (C=O) groups is 1. The van der Waals surface area contributed by atoms with Crippen LogP contribution in [0.4, 0.5) is 4.39 Å². The third kappa shape index (κ3) is 6.03. The molecule has 1 atom stereocenters. The Morgan fingerprint density at radius 3 is 2.67 bits per heavy atom. The van der Waals surface area contributed by atoms with E-state index in [4.69, 9.17) is 4.74 Å². The van der Waals surface area contributed by atoms with Gasteiger partial charge >= 0.3 is 0 Å². The third-order valence-corrected chi connectivity index (χ3v) is 4.89. The minimum atomic E-state index is -0.245. The summed E-state index contributed by atoms with van der Waals surface area (Å²) in [7, 11) is 1.76. The van der Waals surface area contributed by atoms with E-state index in [2.05, 4.69) is 15.2 Å². The Morgan fingerprint density at radius 2 is 2.04 bits per heavy atom. The molecule has 8 heteroatoms. The number of benzene rings is 1. The molecule has 150 valence electrons. The van der Waals surface area contributed by atoms with Gasteiger partial charge in [0.1, 0.15) is 11.9 Å². The molecule has 0 spiro atoms. The van der Waals surface area contributed by atoms with Crippen LogP contribution < -0.4 is 5.32 Å². The maximum atomic E-state index is 13.2. The minimum absolute atomic E-state index is 0. The van der Waals surface area contributed by atoms with E-state index in [0.29, 0.717) is 26.2 Å².